The Morgan fingerprint density at radius 1 is 1.09 bits per heavy atom. The summed E-state index contributed by atoms with van der Waals surface area (Å²) in [4.78, 5) is 45.3. The van der Waals surface area contributed by atoms with E-state index in [-0.39, 0.29) is 36.6 Å². The van der Waals surface area contributed by atoms with E-state index in [1.165, 1.54) is 11.3 Å². The number of piperidine rings is 1. The van der Waals surface area contributed by atoms with Crippen LogP contribution in [0.1, 0.15) is 46.0 Å². The fourth-order valence-corrected chi connectivity index (χ4v) is 5.25. The van der Waals surface area contributed by atoms with Crippen molar-refractivity contribution in [1.82, 2.24) is 9.88 Å². The van der Waals surface area contributed by atoms with Gasteiger partial charge in [0, 0.05) is 31.6 Å². The van der Waals surface area contributed by atoms with Gasteiger partial charge in [0.25, 0.3) is 0 Å². The van der Waals surface area contributed by atoms with Crippen molar-refractivity contribution in [3.05, 3.63) is 86.8 Å². The topological polar surface area (TPSA) is 76.6 Å². The summed E-state index contributed by atoms with van der Waals surface area (Å²) in [6.45, 7) is 1.16. The number of ether oxygens (including phenoxy) is 1. The molecule has 0 saturated carbocycles. The highest BCUT2D eigenvalue weighted by Crippen LogP contribution is 2.31. The molecule has 34 heavy (non-hydrogen) atoms. The maximum atomic E-state index is 13.2. The molecule has 1 unspecified atom stereocenters. The number of carbonyl (C=O) groups excluding carboxylic acids is 3. The van der Waals surface area contributed by atoms with Crippen molar-refractivity contribution in [2.24, 2.45) is 5.92 Å². The summed E-state index contributed by atoms with van der Waals surface area (Å²) in [5.41, 5.74) is 1.71. The molecule has 0 spiro atoms. The van der Waals surface area contributed by atoms with Crippen LogP contribution in [0.15, 0.2) is 70.8 Å². The maximum absolute atomic E-state index is 13.2. The second-order valence-corrected chi connectivity index (χ2v) is 10.0. The Balaban J connectivity index is 1.35. The normalized spacial score (nSPS) is 15.0. The van der Waals surface area contributed by atoms with Crippen molar-refractivity contribution in [3.63, 3.8) is 0 Å². The molecule has 8 heteroatoms. The predicted molar refractivity (Wildman–Crippen MR) is 134 cm³/mol. The molecule has 0 bridgehead atoms. The van der Waals surface area contributed by atoms with Gasteiger partial charge in [0.2, 0.25) is 0 Å². The lowest BCUT2D eigenvalue weighted by Crippen LogP contribution is -2.40. The van der Waals surface area contributed by atoms with Gasteiger partial charge in [-0.1, -0.05) is 36.4 Å². The molecule has 4 rings (SSSR count). The first-order valence-electron chi connectivity index (χ1n) is 11.2. The number of halogens is 1. The summed E-state index contributed by atoms with van der Waals surface area (Å²) in [5, 5.41) is 1.86. The number of amides is 1. The van der Waals surface area contributed by atoms with Crippen molar-refractivity contribution >= 4 is 44.9 Å². The van der Waals surface area contributed by atoms with E-state index in [1.54, 1.807) is 29.3 Å². The number of aromatic nitrogens is 1. The van der Waals surface area contributed by atoms with Crippen LogP contribution in [0.2, 0.25) is 0 Å². The molecule has 1 aliphatic heterocycles. The number of hydrogen-bond donors (Lipinski definition) is 0. The first-order chi connectivity index (χ1) is 16.5. The van der Waals surface area contributed by atoms with E-state index in [2.05, 4.69) is 20.9 Å². The molecule has 1 fully saturated rings. The van der Waals surface area contributed by atoms with Crippen LogP contribution in [0.25, 0.3) is 0 Å². The van der Waals surface area contributed by atoms with Crippen LogP contribution in [0, 0.1) is 5.92 Å². The highest BCUT2D eigenvalue weighted by molar-refractivity contribution is 9.10. The average Bonchev–Trinajstić information content (AvgIpc) is 3.41. The Labute approximate surface area is 211 Å². The van der Waals surface area contributed by atoms with E-state index in [0.717, 1.165) is 11.1 Å². The molecule has 0 radical (unpaired) electrons. The quantitative estimate of drug-likeness (QED) is 0.263. The SMILES string of the molecule is O=C(CC(C(=O)c1cccs1)c1ccnc(Br)c1)C1CCN(C(=O)OCc2ccccc2)CC1. The Bertz CT molecular complexity index is 1130. The zero-order chi connectivity index (χ0) is 23.9. The van der Waals surface area contributed by atoms with E-state index in [1.807, 2.05) is 41.8 Å². The predicted octanol–water partition coefficient (Wildman–Crippen LogP) is 5.88. The number of hydrogen-bond acceptors (Lipinski definition) is 6. The minimum Gasteiger partial charge on any atom is -0.445 e. The van der Waals surface area contributed by atoms with Crippen molar-refractivity contribution in [3.8, 4) is 0 Å². The van der Waals surface area contributed by atoms with E-state index >= 15 is 0 Å². The third-order valence-electron chi connectivity index (χ3n) is 6.05. The van der Waals surface area contributed by atoms with Gasteiger partial charge in [-0.05, 0) is 63.5 Å². The summed E-state index contributed by atoms with van der Waals surface area (Å²) < 4.78 is 6.05. The van der Waals surface area contributed by atoms with E-state index < -0.39 is 5.92 Å². The lowest BCUT2D eigenvalue weighted by molar-refractivity contribution is -0.124. The smallest absolute Gasteiger partial charge is 0.410 e. The van der Waals surface area contributed by atoms with Gasteiger partial charge in [-0.25, -0.2) is 9.78 Å². The minimum absolute atomic E-state index is 0.0524. The molecule has 0 aliphatic carbocycles. The highest BCUT2D eigenvalue weighted by Gasteiger charge is 2.32. The molecule has 176 valence electrons. The van der Waals surface area contributed by atoms with E-state index in [9.17, 15) is 14.4 Å². The van der Waals surface area contributed by atoms with Gasteiger partial charge >= 0.3 is 6.09 Å². The first kappa shape index (κ1) is 24.3. The third-order valence-corrected chi connectivity index (χ3v) is 7.37. The Hall–Kier alpha value is -2.84. The van der Waals surface area contributed by atoms with Crippen LogP contribution < -0.4 is 0 Å². The van der Waals surface area contributed by atoms with Crippen LogP contribution in [-0.4, -0.2) is 40.6 Å². The highest BCUT2D eigenvalue weighted by atomic mass is 79.9. The molecule has 1 saturated heterocycles. The molecule has 1 aliphatic rings. The fourth-order valence-electron chi connectivity index (χ4n) is 4.15. The molecule has 0 N–H and O–H groups in total. The summed E-state index contributed by atoms with van der Waals surface area (Å²) in [6.07, 6.45) is 2.55. The number of Topliss-reactive ketones (excluding diaryl/α,β-unsaturated/α-hetero) is 2. The lowest BCUT2D eigenvalue weighted by Gasteiger charge is -2.31. The van der Waals surface area contributed by atoms with Gasteiger partial charge in [0.15, 0.2) is 5.78 Å². The summed E-state index contributed by atoms with van der Waals surface area (Å²) in [5.74, 6) is -0.732. The zero-order valence-corrected chi connectivity index (χ0v) is 21.0. The number of nitrogens with zero attached hydrogens (tertiary/aromatic N) is 2. The molecule has 1 atom stereocenters. The number of carbonyl (C=O) groups is 3. The number of ketones is 2. The molecular formula is C26H25BrN2O4S. The van der Waals surface area contributed by atoms with Crippen molar-refractivity contribution in [1.29, 1.82) is 0 Å². The standard InChI is InChI=1S/C26H25BrN2O4S/c27-24-15-20(8-11-28-24)21(25(31)23-7-4-14-34-23)16-22(30)19-9-12-29(13-10-19)26(32)33-17-18-5-2-1-3-6-18/h1-8,11,14-15,19,21H,9-10,12-13,16-17H2. The molecule has 6 nitrogen and oxygen atoms in total. The number of likely N-dealkylation sites (tertiary alicyclic amines) is 1. The van der Waals surface area contributed by atoms with Crippen molar-refractivity contribution in [2.45, 2.75) is 31.8 Å². The molecule has 1 amide bonds. The third kappa shape index (κ3) is 6.18. The second-order valence-electron chi connectivity index (χ2n) is 8.28. The maximum Gasteiger partial charge on any atom is 0.410 e. The van der Waals surface area contributed by atoms with Gasteiger partial charge in [0.1, 0.15) is 17.0 Å². The molecule has 1 aromatic carbocycles. The molecule has 3 aromatic rings. The minimum atomic E-state index is -0.556. The molecule has 3 heterocycles. The Morgan fingerprint density at radius 2 is 1.85 bits per heavy atom. The summed E-state index contributed by atoms with van der Waals surface area (Å²) >= 11 is 4.75. The van der Waals surface area contributed by atoms with E-state index in [0.29, 0.717) is 35.4 Å². The van der Waals surface area contributed by atoms with Crippen LogP contribution in [0.5, 0.6) is 0 Å². The fraction of sp³-hybridized carbons (Fsp3) is 0.308. The van der Waals surface area contributed by atoms with Gasteiger partial charge in [-0.15, -0.1) is 11.3 Å². The number of benzene rings is 1. The van der Waals surface area contributed by atoms with Crippen LogP contribution in [0.4, 0.5) is 4.79 Å². The largest absolute Gasteiger partial charge is 0.445 e. The van der Waals surface area contributed by atoms with Crippen LogP contribution in [-0.2, 0) is 16.1 Å². The van der Waals surface area contributed by atoms with Crippen LogP contribution >= 0.6 is 27.3 Å². The average molecular weight is 541 g/mol. The van der Waals surface area contributed by atoms with Gasteiger partial charge < -0.3 is 9.64 Å². The number of rotatable bonds is 8. The lowest BCUT2D eigenvalue weighted by atomic mass is 9.83. The summed E-state index contributed by atoms with van der Waals surface area (Å²) in [7, 11) is 0. The first-order valence-corrected chi connectivity index (χ1v) is 12.9. The van der Waals surface area contributed by atoms with Crippen molar-refractivity contribution in [2.75, 3.05) is 13.1 Å². The number of pyridine rings is 1. The van der Waals surface area contributed by atoms with Gasteiger partial charge in [-0.2, -0.15) is 0 Å². The van der Waals surface area contributed by atoms with Gasteiger partial charge in [-0.3, -0.25) is 9.59 Å². The molecule has 2 aromatic heterocycles. The Kier molecular flexibility index (Phi) is 8.24. The van der Waals surface area contributed by atoms with Crippen LogP contribution in [0.3, 0.4) is 0 Å². The number of thiophene rings is 1. The second kappa shape index (κ2) is 11.5. The monoisotopic (exact) mass is 540 g/mol. The Morgan fingerprint density at radius 3 is 2.53 bits per heavy atom. The van der Waals surface area contributed by atoms with Crippen molar-refractivity contribution < 1.29 is 19.1 Å². The zero-order valence-electron chi connectivity index (χ0n) is 18.6. The van der Waals surface area contributed by atoms with E-state index in [4.69, 9.17) is 4.74 Å². The van der Waals surface area contributed by atoms with Gasteiger partial charge in [0.05, 0.1) is 10.8 Å². The summed E-state index contributed by atoms with van der Waals surface area (Å²) in [6, 6.07) is 16.8. The molecular weight excluding hydrogens is 516 g/mol.